The molecule has 0 fully saturated rings. The maximum absolute atomic E-state index is 4.62. The lowest BCUT2D eigenvalue weighted by molar-refractivity contribution is 1.18. The summed E-state index contributed by atoms with van der Waals surface area (Å²) in [5, 5.41) is 3.72. The third-order valence-corrected chi connectivity index (χ3v) is 5.97. The standard InChI is InChI=1S/C17H11N3S3/c1-2-6-12(7-3-1)10-18-16-20-15(11-21-16)23-17-19-13-8-4-5-9-14(13)22-17/h1-11H/b18-10+. The van der Waals surface area contributed by atoms with Crippen molar-refractivity contribution in [2.24, 2.45) is 4.99 Å². The quantitative estimate of drug-likeness (QED) is 0.445. The number of hydrogen-bond donors (Lipinski definition) is 0. The number of aliphatic imine (C=N–C) groups is 1. The maximum atomic E-state index is 4.62. The number of hydrogen-bond acceptors (Lipinski definition) is 6. The predicted molar refractivity (Wildman–Crippen MR) is 99.6 cm³/mol. The van der Waals surface area contributed by atoms with Crippen LogP contribution < -0.4 is 0 Å². The molecule has 112 valence electrons. The Bertz CT molecular complexity index is 924. The zero-order valence-electron chi connectivity index (χ0n) is 11.9. The van der Waals surface area contributed by atoms with Crippen LogP contribution in [0.3, 0.4) is 0 Å². The van der Waals surface area contributed by atoms with Gasteiger partial charge < -0.3 is 0 Å². The number of benzene rings is 2. The number of aromatic nitrogens is 2. The van der Waals surface area contributed by atoms with Gasteiger partial charge in [-0.2, -0.15) is 0 Å². The SMILES string of the molecule is C(=N\c1nc(Sc2nc3ccccc3s2)cs1)/c1ccccc1. The van der Waals surface area contributed by atoms with Crippen molar-refractivity contribution in [3.8, 4) is 0 Å². The number of rotatable bonds is 4. The van der Waals surface area contributed by atoms with Crippen LogP contribution in [-0.4, -0.2) is 16.2 Å². The van der Waals surface area contributed by atoms with Crippen molar-refractivity contribution in [2.75, 3.05) is 0 Å². The zero-order valence-corrected chi connectivity index (χ0v) is 14.4. The summed E-state index contributed by atoms with van der Waals surface area (Å²) >= 11 is 4.82. The molecule has 0 aliphatic rings. The third kappa shape index (κ3) is 3.50. The van der Waals surface area contributed by atoms with Gasteiger partial charge in [0.15, 0.2) is 4.34 Å². The van der Waals surface area contributed by atoms with Crippen LogP contribution in [-0.2, 0) is 0 Å². The Morgan fingerprint density at radius 3 is 2.65 bits per heavy atom. The number of nitrogens with zero attached hydrogens (tertiary/aromatic N) is 3. The summed E-state index contributed by atoms with van der Waals surface area (Å²) in [6.45, 7) is 0. The van der Waals surface area contributed by atoms with Crippen LogP contribution in [0, 0.1) is 0 Å². The summed E-state index contributed by atoms with van der Waals surface area (Å²) in [6.07, 6.45) is 1.84. The highest BCUT2D eigenvalue weighted by Crippen LogP contribution is 2.35. The summed E-state index contributed by atoms with van der Waals surface area (Å²) in [5.41, 5.74) is 2.11. The molecule has 0 aliphatic carbocycles. The van der Waals surface area contributed by atoms with Gasteiger partial charge in [0.1, 0.15) is 5.03 Å². The van der Waals surface area contributed by atoms with Crippen molar-refractivity contribution in [3.05, 3.63) is 65.5 Å². The summed E-state index contributed by atoms with van der Waals surface area (Å²) in [6, 6.07) is 18.2. The summed E-state index contributed by atoms with van der Waals surface area (Å²) in [7, 11) is 0. The first kappa shape index (κ1) is 14.6. The molecule has 23 heavy (non-hydrogen) atoms. The zero-order chi connectivity index (χ0) is 15.5. The van der Waals surface area contributed by atoms with E-state index in [1.54, 1.807) is 34.4 Å². The smallest absolute Gasteiger partial charge is 0.210 e. The monoisotopic (exact) mass is 353 g/mol. The van der Waals surface area contributed by atoms with Gasteiger partial charge in [-0.05, 0) is 29.5 Å². The lowest BCUT2D eigenvalue weighted by atomic mass is 10.2. The molecule has 0 radical (unpaired) electrons. The Balaban J connectivity index is 1.50. The highest BCUT2D eigenvalue weighted by Gasteiger charge is 2.08. The van der Waals surface area contributed by atoms with Gasteiger partial charge >= 0.3 is 0 Å². The number of para-hydroxylation sites is 1. The topological polar surface area (TPSA) is 38.1 Å². The van der Waals surface area contributed by atoms with E-state index < -0.39 is 0 Å². The Morgan fingerprint density at radius 1 is 0.957 bits per heavy atom. The van der Waals surface area contributed by atoms with Crippen LogP contribution in [0.1, 0.15) is 5.56 Å². The van der Waals surface area contributed by atoms with E-state index in [0.717, 1.165) is 25.6 Å². The molecule has 0 N–H and O–H groups in total. The number of fused-ring (bicyclic) bond motifs is 1. The van der Waals surface area contributed by atoms with Gasteiger partial charge in [-0.3, -0.25) is 0 Å². The van der Waals surface area contributed by atoms with Crippen molar-refractivity contribution in [3.63, 3.8) is 0 Å². The van der Waals surface area contributed by atoms with Crippen molar-refractivity contribution < 1.29 is 0 Å². The van der Waals surface area contributed by atoms with E-state index in [2.05, 4.69) is 21.0 Å². The lowest BCUT2D eigenvalue weighted by Crippen LogP contribution is -1.77. The van der Waals surface area contributed by atoms with Crippen molar-refractivity contribution in [1.29, 1.82) is 0 Å². The maximum Gasteiger partial charge on any atom is 0.210 e. The van der Waals surface area contributed by atoms with Gasteiger partial charge in [0.25, 0.3) is 0 Å². The summed E-state index contributed by atoms with van der Waals surface area (Å²) in [4.78, 5) is 13.6. The van der Waals surface area contributed by atoms with Crippen LogP contribution in [0.2, 0.25) is 0 Å². The second kappa shape index (κ2) is 6.62. The first-order valence-corrected chi connectivity index (χ1v) is 9.46. The first-order valence-electron chi connectivity index (χ1n) is 6.95. The second-order valence-electron chi connectivity index (χ2n) is 4.69. The van der Waals surface area contributed by atoms with E-state index in [1.165, 1.54) is 4.70 Å². The average molecular weight is 353 g/mol. The second-order valence-corrected chi connectivity index (χ2v) is 7.82. The molecule has 0 aliphatic heterocycles. The molecule has 0 saturated carbocycles. The third-order valence-electron chi connectivity index (χ3n) is 3.06. The molecule has 0 saturated heterocycles. The van der Waals surface area contributed by atoms with Gasteiger partial charge in [-0.1, -0.05) is 42.5 Å². The van der Waals surface area contributed by atoms with Gasteiger partial charge in [-0.25, -0.2) is 15.0 Å². The summed E-state index contributed by atoms with van der Waals surface area (Å²) in [5.74, 6) is 0. The molecule has 3 nitrogen and oxygen atoms in total. The average Bonchev–Trinajstić information content (AvgIpc) is 3.20. The fraction of sp³-hybridized carbons (Fsp3) is 0. The minimum Gasteiger partial charge on any atom is -0.229 e. The number of thiazole rings is 2. The fourth-order valence-corrected chi connectivity index (χ4v) is 4.77. The van der Waals surface area contributed by atoms with E-state index in [9.17, 15) is 0 Å². The molecular weight excluding hydrogens is 342 g/mol. The molecule has 2 heterocycles. The van der Waals surface area contributed by atoms with Crippen LogP contribution in [0.15, 0.2) is 74.3 Å². The molecule has 0 unspecified atom stereocenters. The highest BCUT2D eigenvalue weighted by molar-refractivity contribution is 8.01. The van der Waals surface area contributed by atoms with E-state index in [4.69, 9.17) is 0 Å². The van der Waals surface area contributed by atoms with Crippen molar-refractivity contribution >= 4 is 56.0 Å². The predicted octanol–water partition coefficient (Wildman–Crippen LogP) is 5.65. The molecule has 4 aromatic rings. The Morgan fingerprint density at radius 2 is 1.78 bits per heavy atom. The minimum atomic E-state index is 0.762. The molecular formula is C17H11N3S3. The van der Waals surface area contributed by atoms with Crippen LogP contribution in [0.5, 0.6) is 0 Å². The lowest BCUT2D eigenvalue weighted by Gasteiger charge is -1.90. The fourth-order valence-electron chi connectivity index (χ4n) is 2.01. The largest absolute Gasteiger partial charge is 0.229 e. The molecule has 2 aromatic heterocycles. The van der Waals surface area contributed by atoms with Crippen LogP contribution in [0.4, 0.5) is 5.13 Å². The van der Waals surface area contributed by atoms with Crippen molar-refractivity contribution in [1.82, 2.24) is 9.97 Å². The molecule has 6 heteroatoms. The van der Waals surface area contributed by atoms with Crippen LogP contribution >= 0.6 is 34.4 Å². The highest BCUT2D eigenvalue weighted by atomic mass is 32.2. The van der Waals surface area contributed by atoms with Gasteiger partial charge in [-0.15, -0.1) is 22.7 Å². The molecule has 2 aromatic carbocycles. The first-order chi connectivity index (χ1) is 11.4. The van der Waals surface area contributed by atoms with Gasteiger partial charge in [0.2, 0.25) is 5.13 Å². The van der Waals surface area contributed by atoms with E-state index >= 15 is 0 Å². The van der Waals surface area contributed by atoms with E-state index in [1.807, 2.05) is 60.1 Å². The molecule has 0 amide bonds. The Labute approximate surface area is 145 Å². The summed E-state index contributed by atoms with van der Waals surface area (Å²) < 4.78 is 2.21. The van der Waals surface area contributed by atoms with Gasteiger partial charge in [0.05, 0.1) is 10.2 Å². The van der Waals surface area contributed by atoms with E-state index in [0.29, 0.717) is 0 Å². The molecule has 0 bridgehead atoms. The van der Waals surface area contributed by atoms with Crippen molar-refractivity contribution in [2.45, 2.75) is 9.37 Å². The molecule has 0 atom stereocenters. The molecule has 4 rings (SSSR count). The van der Waals surface area contributed by atoms with Gasteiger partial charge in [0, 0.05) is 11.6 Å². The Kier molecular flexibility index (Phi) is 4.19. The molecule has 0 spiro atoms. The Hall–Kier alpha value is -2.02. The normalized spacial score (nSPS) is 11.5. The minimum absolute atomic E-state index is 0.762. The van der Waals surface area contributed by atoms with E-state index in [-0.39, 0.29) is 0 Å². The van der Waals surface area contributed by atoms with Crippen LogP contribution in [0.25, 0.3) is 10.2 Å².